The van der Waals surface area contributed by atoms with Crippen LogP contribution in [0.2, 0.25) is 0 Å². The van der Waals surface area contributed by atoms with Gasteiger partial charge < -0.3 is 0 Å². The Morgan fingerprint density at radius 3 is 1.66 bits per heavy atom. The van der Waals surface area contributed by atoms with Gasteiger partial charge in [-0.3, -0.25) is 4.79 Å². The molecular weight excluding hydrogens is 380 g/mol. The van der Waals surface area contributed by atoms with Gasteiger partial charge in [-0.05, 0) is 26.0 Å². The molecule has 0 aromatic rings. The Bertz CT molecular complexity index is 428. The highest BCUT2D eigenvalue weighted by atomic mass is 32.2. The van der Waals surface area contributed by atoms with E-state index in [1.165, 1.54) is 102 Å². The van der Waals surface area contributed by atoms with Crippen LogP contribution in [0, 0.1) is 0 Å². The largest absolute Gasteiger partial charge is 0.287 e. The molecule has 0 N–H and O–H groups in total. The zero-order valence-corrected chi connectivity index (χ0v) is 20.7. The van der Waals surface area contributed by atoms with Crippen LogP contribution in [0.3, 0.4) is 0 Å². The van der Waals surface area contributed by atoms with Crippen molar-refractivity contribution in [1.29, 1.82) is 0 Å². The molecule has 1 aliphatic rings. The Kier molecular flexibility index (Phi) is 14.6. The van der Waals surface area contributed by atoms with Crippen LogP contribution in [-0.4, -0.2) is 22.1 Å². The van der Waals surface area contributed by atoms with Gasteiger partial charge in [-0.15, -0.1) is 0 Å². The molecule has 0 spiro atoms. The number of rotatable bonds is 18. The minimum absolute atomic E-state index is 0.208. The molecule has 0 amide bonds. The Labute approximate surface area is 185 Å². The molecule has 1 heterocycles. The van der Waals surface area contributed by atoms with E-state index in [-0.39, 0.29) is 10.7 Å². The van der Waals surface area contributed by atoms with Gasteiger partial charge in [0.05, 0.1) is 0 Å². The van der Waals surface area contributed by atoms with Crippen molar-refractivity contribution in [2.24, 2.45) is 0 Å². The Hall–Kier alpha value is -0.0600. The molecule has 0 radical (unpaired) electrons. The second kappa shape index (κ2) is 15.7. The fraction of sp³-hybridized carbons (Fsp3) is 0.960. The molecule has 0 unspecified atom stereocenters. The predicted octanol–water partition coefficient (Wildman–Crippen LogP) is 8.40. The summed E-state index contributed by atoms with van der Waals surface area (Å²) < 4.78 is 0. The standard InChI is InChI=1S/C25H48O3S/c1-5-7-8-9-10-11-12-13-14-15-16-17-18-19-20-24(3)22-25(4,28-27-24)21-23(26)29-6-2/h5-22H2,1-4H3/t24-,25+/m1/s1. The van der Waals surface area contributed by atoms with Crippen LogP contribution in [0.1, 0.15) is 137 Å². The molecule has 29 heavy (non-hydrogen) atoms. The molecular formula is C25H48O3S. The summed E-state index contributed by atoms with van der Waals surface area (Å²) in [6.07, 6.45) is 21.6. The molecule has 4 heteroatoms. The first-order valence-electron chi connectivity index (χ1n) is 12.5. The quantitative estimate of drug-likeness (QED) is 0.162. The maximum atomic E-state index is 11.9. The first-order valence-corrected chi connectivity index (χ1v) is 13.4. The van der Waals surface area contributed by atoms with Crippen molar-refractivity contribution in [2.75, 3.05) is 5.75 Å². The van der Waals surface area contributed by atoms with E-state index in [1.54, 1.807) is 0 Å². The van der Waals surface area contributed by atoms with Crippen LogP contribution in [0.15, 0.2) is 0 Å². The van der Waals surface area contributed by atoms with Gasteiger partial charge in [0, 0.05) is 12.8 Å². The fourth-order valence-corrected chi connectivity index (χ4v) is 5.21. The van der Waals surface area contributed by atoms with E-state index in [4.69, 9.17) is 9.78 Å². The molecule has 0 aromatic heterocycles. The summed E-state index contributed by atoms with van der Waals surface area (Å²) in [7, 11) is 0. The lowest BCUT2D eigenvalue weighted by atomic mass is 9.85. The zero-order chi connectivity index (χ0) is 21.4. The lowest BCUT2D eigenvalue weighted by Crippen LogP contribution is -2.30. The average Bonchev–Trinajstić information content (AvgIpc) is 2.97. The molecule has 1 aliphatic heterocycles. The van der Waals surface area contributed by atoms with Gasteiger partial charge >= 0.3 is 0 Å². The highest BCUT2D eigenvalue weighted by Crippen LogP contribution is 2.41. The van der Waals surface area contributed by atoms with Gasteiger partial charge in [-0.1, -0.05) is 116 Å². The van der Waals surface area contributed by atoms with Gasteiger partial charge in [0.1, 0.15) is 11.2 Å². The smallest absolute Gasteiger partial charge is 0.191 e. The Morgan fingerprint density at radius 1 is 0.724 bits per heavy atom. The molecule has 1 rings (SSSR count). The number of carbonyl (C=O) groups excluding carboxylic acids is 1. The molecule has 1 saturated heterocycles. The average molecular weight is 429 g/mol. The third-order valence-corrected chi connectivity index (χ3v) is 6.83. The first kappa shape index (κ1) is 27.0. The lowest BCUT2D eigenvalue weighted by Gasteiger charge is -2.22. The third-order valence-electron chi connectivity index (χ3n) is 6.07. The highest BCUT2D eigenvalue weighted by Gasteiger charge is 2.46. The van der Waals surface area contributed by atoms with Crippen molar-refractivity contribution in [3.05, 3.63) is 0 Å². The second-order valence-corrected chi connectivity index (χ2v) is 10.9. The number of unbranched alkanes of at least 4 members (excludes halogenated alkanes) is 13. The normalized spacial score (nSPS) is 24.3. The van der Waals surface area contributed by atoms with Gasteiger partial charge in [0.15, 0.2) is 5.12 Å². The molecule has 0 saturated carbocycles. The maximum Gasteiger partial charge on any atom is 0.191 e. The van der Waals surface area contributed by atoms with E-state index >= 15 is 0 Å². The molecule has 1 fully saturated rings. The Balaban J connectivity index is 1.96. The highest BCUT2D eigenvalue weighted by molar-refractivity contribution is 8.13. The molecule has 0 bridgehead atoms. The summed E-state index contributed by atoms with van der Waals surface area (Å²) in [5, 5.41) is 0.208. The summed E-state index contributed by atoms with van der Waals surface area (Å²) in [4.78, 5) is 23.2. The van der Waals surface area contributed by atoms with Crippen molar-refractivity contribution < 1.29 is 14.6 Å². The summed E-state index contributed by atoms with van der Waals surface area (Å²) in [6, 6.07) is 0. The monoisotopic (exact) mass is 428 g/mol. The van der Waals surface area contributed by atoms with E-state index < -0.39 is 5.60 Å². The van der Waals surface area contributed by atoms with Crippen molar-refractivity contribution in [3.8, 4) is 0 Å². The minimum Gasteiger partial charge on any atom is -0.287 e. The predicted molar refractivity (Wildman–Crippen MR) is 126 cm³/mol. The molecule has 172 valence electrons. The van der Waals surface area contributed by atoms with Gasteiger partial charge in [0.25, 0.3) is 0 Å². The van der Waals surface area contributed by atoms with E-state index in [0.29, 0.717) is 6.42 Å². The van der Waals surface area contributed by atoms with Crippen molar-refractivity contribution >= 4 is 16.9 Å². The van der Waals surface area contributed by atoms with Gasteiger partial charge in [0.2, 0.25) is 0 Å². The third kappa shape index (κ3) is 13.1. The fourth-order valence-electron chi connectivity index (χ4n) is 4.48. The molecule has 2 atom stereocenters. The Morgan fingerprint density at radius 2 is 1.17 bits per heavy atom. The van der Waals surface area contributed by atoms with E-state index in [2.05, 4.69) is 13.8 Å². The van der Waals surface area contributed by atoms with Crippen molar-refractivity contribution in [1.82, 2.24) is 0 Å². The molecule has 0 aromatic carbocycles. The van der Waals surface area contributed by atoms with Gasteiger partial charge in [-0.25, -0.2) is 9.78 Å². The van der Waals surface area contributed by atoms with Crippen molar-refractivity contribution in [2.45, 2.75) is 148 Å². The topological polar surface area (TPSA) is 35.5 Å². The lowest BCUT2D eigenvalue weighted by molar-refractivity contribution is -0.344. The number of hydrogen-bond acceptors (Lipinski definition) is 4. The maximum absolute atomic E-state index is 11.9. The van der Waals surface area contributed by atoms with Crippen molar-refractivity contribution in [3.63, 3.8) is 0 Å². The zero-order valence-electron chi connectivity index (χ0n) is 19.9. The van der Waals surface area contributed by atoms with E-state index in [9.17, 15) is 4.79 Å². The summed E-state index contributed by atoms with van der Waals surface area (Å²) in [5.74, 6) is 0.825. The van der Waals surface area contributed by atoms with Crippen LogP contribution in [0.4, 0.5) is 0 Å². The van der Waals surface area contributed by atoms with Crippen LogP contribution < -0.4 is 0 Å². The van der Waals surface area contributed by atoms with Crippen LogP contribution in [0.25, 0.3) is 0 Å². The minimum atomic E-state index is -0.454. The van der Waals surface area contributed by atoms with E-state index in [0.717, 1.165) is 18.6 Å². The number of carbonyl (C=O) groups is 1. The van der Waals surface area contributed by atoms with Crippen LogP contribution in [0.5, 0.6) is 0 Å². The van der Waals surface area contributed by atoms with Gasteiger partial charge in [-0.2, -0.15) is 0 Å². The number of hydrogen-bond donors (Lipinski definition) is 0. The molecule has 0 aliphatic carbocycles. The SMILES string of the molecule is CCCCCCCCCCCCCCCC[C@]1(C)C[C@](C)(CC(=O)SCC)OO1. The second-order valence-electron chi connectivity index (χ2n) is 9.57. The van der Waals surface area contributed by atoms with Crippen LogP contribution in [-0.2, 0) is 14.6 Å². The molecule has 3 nitrogen and oxygen atoms in total. The summed E-state index contributed by atoms with van der Waals surface area (Å²) >= 11 is 1.38. The first-order chi connectivity index (χ1) is 13.9. The summed E-state index contributed by atoms with van der Waals surface area (Å²) in [6.45, 7) is 8.44. The van der Waals surface area contributed by atoms with E-state index in [1.807, 2.05) is 13.8 Å². The summed E-state index contributed by atoms with van der Waals surface area (Å²) in [5.41, 5.74) is -0.687. The number of thioether (sulfide) groups is 1. The van der Waals surface area contributed by atoms with Crippen LogP contribution >= 0.6 is 11.8 Å².